The van der Waals surface area contributed by atoms with E-state index in [2.05, 4.69) is 31.7 Å². The maximum absolute atomic E-state index is 12.1. The highest BCUT2D eigenvalue weighted by atomic mass is 79.9. The van der Waals surface area contributed by atoms with Crippen LogP contribution in [-0.2, 0) is 0 Å². The van der Waals surface area contributed by atoms with Gasteiger partial charge in [0.25, 0.3) is 5.91 Å². The molecule has 0 bridgehead atoms. The van der Waals surface area contributed by atoms with E-state index >= 15 is 0 Å². The summed E-state index contributed by atoms with van der Waals surface area (Å²) in [7, 11) is 0. The molecule has 4 N–H and O–H groups in total. The van der Waals surface area contributed by atoms with Crippen LogP contribution in [0.5, 0.6) is 0 Å². The number of aromatic nitrogens is 1. The van der Waals surface area contributed by atoms with Crippen LogP contribution in [-0.4, -0.2) is 10.9 Å². The second-order valence-corrected chi connectivity index (χ2v) is 5.40. The third-order valence-corrected chi connectivity index (χ3v) is 3.59. The third-order valence-electron chi connectivity index (χ3n) is 2.61. The van der Waals surface area contributed by atoms with Crippen molar-refractivity contribution in [2.24, 2.45) is 5.84 Å². The molecule has 1 heterocycles. The van der Waals surface area contributed by atoms with Crippen molar-refractivity contribution in [1.29, 1.82) is 0 Å². The van der Waals surface area contributed by atoms with Gasteiger partial charge in [0.2, 0.25) is 0 Å². The number of nitrogen functional groups attached to an aromatic ring is 1. The molecule has 1 aromatic carbocycles. The van der Waals surface area contributed by atoms with Gasteiger partial charge in [-0.15, -0.1) is 0 Å². The van der Waals surface area contributed by atoms with E-state index in [4.69, 9.17) is 17.4 Å². The Morgan fingerprint density at radius 1 is 1.40 bits per heavy atom. The van der Waals surface area contributed by atoms with Gasteiger partial charge in [0.15, 0.2) is 5.82 Å². The lowest BCUT2D eigenvalue weighted by atomic mass is 10.2. The molecule has 0 aliphatic rings. The van der Waals surface area contributed by atoms with Gasteiger partial charge in [-0.1, -0.05) is 17.7 Å². The van der Waals surface area contributed by atoms with Crippen molar-refractivity contribution in [1.82, 2.24) is 4.98 Å². The molecular formula is C13H12BrClN4O. The zero-order chi connectivity index (χ0) is 14.7. The number of amides is 1. The highest BCUT2D eigenvalue weighted by Crippen LogP contribution is 2.25. The first kappa shape index (κ1) is 14.8. The number of nitrogens with zero attached hydrogens (tertiary/aromatic N) is 1. The van der Waals surface area contributed by atoms with Gasteiger partial charge in [0.1, 0.15) is 0 Å². The Labute approximate surface area is 129 Å². The van der Waals surface area contributed by atoms with E-state index in [9.17, 15) is 4.79 Å². The summed E-state index contributed by atoms with van der Waals surface area (Å²) in [6, 6.07) is 7.19. The standard InChI is InChI=1S/C13H12BrClN4O/c1-7-2-3-9(14)11(4-7)18-13(20)8-5-10(15)12(19-16)17-6-8/h2-6H,16H2,1H3,(H,17,19)(H,18,20). The molecule has 0 atom stereocenters. The summed E-state index contributed by atoms with van der Waals surface area (Å²) in [4.78, 5) is 16.1. The molecule has 1 amide bonds. The van der Waals surface area contributed by atoms with Crippen LogP contribution < -0.4 is 16.6 Å². The van der Waals surface area contributed by atoms with Crippen LogP contribution in [0.4, 0.5) is 11.5 Å². The van der Waals surface area contributed by atoms with Gasteiger partial charge >= 0.3 is 0 Å². The molecule has 2 aromatic rings. The molecule has 0 fully saturated rings. The number of carbonyl (C=O) groups is 1. The minimum Gasteiger partial charge on any atom is -0.321 e. The first-order valence-corrected chi connectivity index (χ1v) is 6.88. The van der Waals surface area contributed by atoms with E-state index in [-0.39, 0.29) is 10.9 Å². The van der Waals surface area contributed by atoms with Gasteiger partial charge in [-0.05, 0) is 46.6 Å². The number of pyridine rings is 1. The number of carbonyl (C=O) groups excluding carboxylic acids is 1. The first-order chi connectivity index (χ1) is 9.51. The molecule has 20 heavy (non-hydrogen) atoms. The van der Waals surface area contributed by atoms with E-state index in [0.29, 0.717) is 17.1 Å². The molecule has 0 aliphatic heterocycles. The fourth-order valence-electron chi connectivity index (χ4n) is 1.60. The number of rotatable bonds is 3. The second-order valence-electron chi connectivity index (χ2n) is 4.14. The largest absolute Gasteiger partial charge is 0.321 e. The monoisotopic (exact) mass is 354 g/mol. The molecule has 104 valence electrons. The van der Waals surface area contributed by atoms with Crippen LogP contribution in [0.15, 0.2) is 34.9 Å². The van der Waals surface area contributed by atoms with Crippen molar-refractivity contribution in [2.45, 2.75) is 6.92 Å². The number of halogens is 2. The van der Waals surface area contributed by atoms with Crippen molar-refractivity contribution in [2.75, 3.05) is 10.7 Å². The molecule has 0 saturated heterocycles. The van der Waals surface area contributed by atoms with E-state index in [1.54, 1.807) is 0 Å². The van der Waals surface area contributed by atoms with Crippen molar-refractivity contribution in [3.8, 4) is 0 Å². The lowest BCUT2D eigenvalue weighted by Crippen LogP contribution is -2.14. The van der Waals surface area contributed by atoms with Crippen LogP contribution in [0.1, 0.15) is 15.9 Å². The minimum atomic E-state index is -0.297. The van der Waals surface area contributed by atoms with E-state index < -0.39 is 0 Å². The molecule has 7 heteroatoms. The topological polar surface area (TPSA) is 80.0 Å². The van der Waals surface area contributed by atoms with Gasteiger partial charge in [0, 0.05) is 10.7 Å². The normalized spacial score (nSPS) is 10.2. The summed E-state index contributed by atoms with van der Waals surface area (Å²) in [6.07, 6.45) is 1.40. The Balaban J connectivity index is 2.24. The SMILES string of the molecule is Cc1ccc(Br)c(NC(=O)c2cnc(NN)c(Cl)c2)c1. The molecule has 2 rings (SSSR count). The average molecular weight is 356 g/mol. The summed E-state index contributed by atoms with van der Waals surface area (Å²) >= 11 is 9.32. The van der Waals surface area contributed by atoms with Crippen molar-refractivity contribution < 1.29 is 4.79 Å². The molecule has 0 saturated carbocycles. The van der Waals surface area contributed by atoms with Gasteiger partial charge in [-0.2, -0.15) is 0 Å². The lowest BCUT2D eigenvalue weighted by molar-refractivity contribution is 0.102. The highest BCUT2D eigenvalue weighted by Gasteiger charge is 2.11. The number of nitrogens with one attached hydrogen (secondary N) is 2. The van der Waals surface area contributed by atoms with Gasteiger partial charge in [0.05, 0.1) is 16.3 Å². The van der Waals surface area contributed by atoms with Crippen LogP contribution in [0.2, 0.25) is 5.02 Å². The minimum absolute atomic E-state index is 0.281. The summed E-state index contributed by atoms with van der Waals surface area (Å²) < 4.78 is 0.802. The van der Waals surface area contributed by atoms with Crippen LogP contribution in [0.3, 0.4) is 0 Å². The fourth-order valence-corrected chi connectivity index (χ4v) is 2.16. The third kappa shape index (κ3) is 3.27. The molecular weight excluding hydrogens is 344 g/mol. The maximum atomic E-state index is 12.1. The number of aryl methyl sites for hydroxylation is 1. The van der Waals surface area contributed by atoms with Crippen LogP contribution in [0, 0.1) is 6.92 Å². The second kappa shape index (κ2) is 6.21. The number of hydrogen-bond acceptors (Lipinski definition) is 4. The predicted molar refractivity (Wildman–Crippen MR) is 83.9 cm³/mol. The highest BCUT2D eigenvalue weighted by molar-refractivity contribution is 9.10. The number of anilines is 2. The molecule has 0 unspecified atom stereocenters. The number of nitrogens with two attached hydrogens (primary N) is 1. The predicted octanol–water partition coefficient (Wildman–Crippen LogP) is 3.34. The number of hydrogen-bond donors (Lipinski definition) is 3. The van der Waals surface area contributed by atoms with Gasteiger partial charge < -0.3 is 10.7 Å². The van der Waals surface area contributed by atoms with Crippen LogP contribution >= 0.6 is 27.5 Å². The van der Waals surface area contributed by atoms with E-state index in [1.807, 2.05) is 25.1 Å². The number of hydrazine groups is 1. The number of benzene rings is 1. The maximum Gasteiger partial charge on any atom is 0.257 e. The smallest absolute Gasteiger partial charge is 0.257 e. The quantitative estimate of drug-likeness (QED) is 0.583. The lowest BCUT2D eigenvalue weighted by Gasteiger charge is -2.09. The van der Waals surface area contributed by atoms with Gasteiger partial charge in [-0.25, -0.2) is 10.8 Å². The van der Waals surface area contributed by atoms with Gasteiger partial charge in [-0.3, -0.25) is 4.79 Å². The van der Waals surface area contributed by atoms with E-state index in [1.165, 1.54) is 12.3 Å². The molecule has 0 spiro atoms. The molecule has 5 nitrogen and oxygen atoms in total. The van der Waals surface area contributed by atoms with Crippen LogP contribution in [0.25, 0.3) is 0 Å². The van der Waals surface area contributed by atoms with Crippen molar-refractivity contribution in [3.05, 3.63) is 51.1 Å². The van der Waals surface area contributed by atoms with Crippen molar-refractivity contribution >= 4 is 44.9 Å². The average Bonchev–Trinajstić information content (AvgIpc) is 2.42. The molecule has 1 aromatic heterocycles. The Hall–Kier alpha value is -1.63. The summed E-state index contributed by atoms with van der Waals surface area (Å²) in [5, 5.41) is 3.08. The zero-order valence-corrected chi connectivity index (χ0v) is 12.9. The Kier molecular flexibility index (Phi) is 4.59. The molecule has 0 radical (unpaired) electrons. The Morgan fingerprint density at radius 3 is 2.80 bits per heavy atom. The first-order valence-electron chi connectivity index (χ1n) is 5.71. The fraction of sp³-hybridized carbons (Fsp3) is 0.0769. The van der Waals surface area contributed by atoms with E-state index in [0.717, 1.165) is 10.0 Å². The molecule has 0 aliphatic carbocycles. The summed E-state index contributed by atoms with van der Waals surface area (Å²) in [6.45, 7) is 1.95. The summed E-state index contributed by atoms with van der Waals surface area (Å²) in [5.41, 5.74) is 4.43. The summed E-state index contributed by atoms with van der Waals surface area (Å²) in [5.74, 6) is 5.26. The Bertz CT molecular complexity index is 663. The van der Waals surface area contributed by atoms with Crippen molar-refractivity contribution in [3.63, 3.8) is 0 Å². The zero-order valence-electron chi connectivity index (χ0n) is 10.6. The Morgan fingerprint density at radius 2 is 2.15 bits per heavy atom.